The lowest BCUT2D eigenvalue weighted by Gasteiger charge is -2.26. The number of nitrogens with zero attached hydrogens (tertiary/aromatic N) is 1. The van der Waals surface area contributed by atoms with Gasteiger partial charge >= 0.3 is 0 Å². The van der Waals surface area contributed by atoms with Gasteiger partial charge in [-0.1, -0.05) is 48.5 Å². The van der Waals surface area contributed by atoms with Crippen LogP contribution in [-0.4, -0.2) is 25.0 Å². The van der Waals surface area contributed by atoms with Crippen molar-refractivity contribution in [3.8, 4) is 16.9 Å². The Morgan fingerprint density at radius 2 is 1.55 bits per heavy atom. The van der Waals surface area contributed by atoms with Crippen LogP contribution in [-0.2, 0) is 0 Å². The Bertz CT molecular complexity index is 1210. The molecule has 0 aliphatic rings. The maximum atomic E-state index is 13.2. The maximum Gasteiger partial charge on any atom is 0.254 e. The van der Waals surface area contributed by atoms with Crippen molar-refractivity contribution in [3.63, 3.8) is 0 Å². The van der Waals surface area contributed by atoms with Crippen molar-refractivity contribution in [1.82, 2.24) is 4.90 Å². The van der Waals surface area contributed by atoms with Gasteiger partial charge < -0.3 is 15.4 Å². The number of carbonyl (C=O) groups is 1. The lowest BCUT2D eigenvalue weighted by molar-refractivity contribution is 0.0743. The van der Waals surface area contributed by atoms with E-state index in [-0.39, 0.29) is 11.9 Å². The molecule has 0 saturated heterocycles. The molecule has 4 aromatic carbocycles. The summed E-state index contributed by atoms with van der Waals surface area (Å²) in [5, 5.41) is 2.19. The second-order valence-electron chi connectivity index (χ2n) is 7.73. The van der Waals surface area contributed by atoms with Crippen molar-refractivity contribution in [3.05, 3.63) is 96.1 Å². The smallest absolute Gasteiger partial charge is 0.254 e. The number of benzene rings is 4. The van der Waals surface area contributed by atoms with Crippen molar-refractivity contribution >= 4 is 22.4 Å². The van der Waals surface area contributed by atoms with E-state index in [2.05, 4.69) is 13.0 Å². The van der Waals surface area contributed by atoms with E-state index in [9.17, 15) is 4.79 Å². The third kappa shape index (κ3) is 4.10. The summed E-state index contributed by atoms with van der Waals surface area (Å²) >= 11 is 0. The highest BCUT2D eigenvalue weighted by molar-refractivity contribution is 5.95. The molecular weight excluding hydrogens is 384 g/mol. The molecule has 1 amide bonds. The van der Waals surface area contributed by atoms with Crippen LogP contribution in [0.15, 0.2) is 84.9 Å². The standard InChI is InChI=1S/C27H26N2O2/c1-18(25-6-4-5-22-17-23(28)13-16-26(22)25)29(2)27(30)21-9-7-19(8-10-21)20-11-14-24(31-3)15-12-20/h4-18H,28H2,1-3H3. The number of hydrogen-bond acceptors (Lipinski definition) is 3. The zero-order valence-corrected chi connectivity index (χ0v) is 18.0. The summed E-state index contributed by atoms with van der Waals surface area (Å²) in [6.07, 6.45) is 0. The molecule has 156 valence electrons. The second-order valence-corrected chi connectivity index (χ2v) is 7.73. The molecule has 0 fully saturated rings. The molecule has 0 bridgehead atoms. The van der Waals surface area contributed by atoms with Gasteiger partial charge in [0.1, 0.15) is 5.75 Å². The van der Waals surface area contributed by atoms with E-state index in [0.717, 1.165) is 38.9 Å². The van der Waals surface area contributed by atoms with E-state index in [4.69, 9.17) is 10.5 Å². The summed E-state index contributed by atoms with van der Waals surface area (Å²) < 4.78 is 5.22. The molecule has 0 aliphatic carbocycles. The summed E-state index contributed by atoms with van der Waals surface area (Å²) in [7, 11) is 3.50. The van der Waals surface area contributed by atoms with Crippen LogP contribution in [0.5, 0.6) is 5.75 Å². The van der Waals surface area contributed by atoms with Crippen molar-refractivity contribution in [1.29, 1.82) is 0 Å². The van der Waals surface area contributed by atoms with Crippen molar-refractivity contribution in [2.24, 2.45) is 0 Å². The van der Waals surface area contributed by atoms with Gasteiger partial charge in [-0.15, -0.1) is 0 Å². The summed E-state index contributed by atoms with van der Waals surface area (Å²) in [6, 6.07) is 27.5. The SMILES string of the molecule is COc1ccc(-c2ccc(C(=O)N(C)C(C)c3cccc4cc(N)ccc34)cc2)cc1. The first kappa shape index (κ1) is 20.5. The summed E-state index contributed by atoms with van der Waals surface area (Å²) in [6.45, 7) is 2.05. The van der Waals surface area contributed by atoms with E-state index >= 15 is 0 Å². The van der Waals surface area contributed by atoms with Gasteiger partial charge in [0.2, 0.25) is 0 Å². The normalized spacial score (nSPS) is 11.8. The minimum atomic E-state index is -0.0823. The monoisotopic (exact) mass is 410 g/mol. The largest absolute Gasteiger partial charge is 0.497 e. The minimum absolute atomic E-state index is 0.0128. The number of rotatable bonds is 5. The summed E-state index contributed by atoms with van der Waals surface area (Å²) in [5.74, 6) is 0.809. The first-order valence-corrected chi connectivity index (χ1v) is 10.3. The minimum Gasteiger partial charge on any atom is -0.497 e. The predicted molar refractivity (Wildman–Crippen MR) is 127 cm³/mol. The molecule has 31 heavy (non-hydrogen) atoms. The second kappa shape index (κ2) is 8.52. The first-order valence-electron chi connectivity index (χ1n) is 10.3. The lowest BCUT2D eigenvalue weighted by Crippen LogP contribution is -2.29. The van der Waals surface area contributed by atoms with Gasteiger partial charge in [0.25, 0.3) is 5.91 Å². The third-order valence-corrected chi connectivity index (χ3v) is 5.84. The Morgan fingerprint density at radius 1 is 0.903 bits per heavy atom. The van der Waals surface area contributed by atoms with E-state index in [0.29, 0.717) is 5.56 Å². The van der Waals surface area contributed by atoms with Crippen molar-refractivity contribution in [2.75, 3.05) is 19.9 Å². The Labute approximate surface area is 182 Å². The van der Waals surface area contributed by atoms with Crippen LogP contribution >= 0.6 is 0 Å². The average molecular weight is 411 g/mol. The molecule has 1 unspecified atom stereocenters. The zero-order chi connectivity index (χ0) is 22.0. The number of amides is 1. The first-order chi connectivity index (χ1) is 15.0. The van der Waals surface area contributed by atoms with Gasteiger partial charge in [-0.25, -0.2) is 0 Å². The number of carbonyl (C=O) groups excluding carboxylic acids is 1. The summed E-state index contributed by atoms with van der Waals surface area (Å²) in [4.78, 5) is 15.0. The third-order valence-electron chi connectivity index (χ3n) is 5.84. The van der Waals surface area contributed by atoms with Crippen LogP contribution in [0.2, 0.25) is 0 Å². The van der Waals surface area contributed by atoms with Crippen LogP contribution in [0.3, 0.4) is 0 Å². The van der Waals surface area contributed by atoms with Crippen LogP contribution < -0.4 is 10.5 Å². The van der Waals surface area contributed by atoms with E-state index in [1.54, 1.807) is 12.0 Å². The van der Waals surface area contributed by atoms with Crippen LogP contribution in [0.25, 0.3) is 21.9 Å². The highest BCUT2D eigenvalue weighted by atomic mass is 16.5. The Kier molecular flexibility index (Phi) is 5.63. The van der Waals surface area contributed by atoms with Gasteiger partial charge in [-0.05, 0) is 70.8 Å². The fourth-order valence-corrected chi connectivity index (χ4v) is 3.87. The molecule has 0 aliphatic heterocycles. The molecule has 4 rings (SSSR count). The molecule has 0 radical (unpaired) electrons. The predicted octanol–water partition coefficient (Wildman–Crippen LogP) is 5.93. The van der Waals surface area contributed by atoms with Gasteiger partial charge in [0.15, 0.2) is 0 Å². The number of hydrogen-bond donors (Lipinski definition) is 1. The lowest BCUT2D eigenvalue weighted by atomic mass is 9.98. The van der Waals surface area contributed by atoms with E-state index in [1.807, 2.05) is 85.9 Å². The topological polar surface area (TPSA) is 55.6 Å². The Morgan fingerprint density at radius 3 is 2.19 bits per heavy atom. The summed E-state index contributed by atoms with van der Waals surface area (Å²) in [5.41, 5.74) is 10.6. The number of ether oxygens (including phenoxy) is 1. The van der Waals surface area contributed by atoms with E-state index < -0.39 is 0 Å². The molecule has 0 saturated carbocycles. The Hall–Kier alpha value is -3.79. The van der Waals surface area contributed by atoms with Gasteiger partial charge in [0.05, 0.1) is 13.2 Å². The van der Waals surface area contributed by atoms with Crippen molar-refractivity contribution < 1.29 is 9.53 Å². The average Bonchev–Trinajstić information content (AvgIpc) is 2.82. The quantitative estimate of drug-likeness (QED) is 0.415. The van der Waals surface area contributed by atoms with Gasteiger partial charge in [0, 0.05) is 18.3 Å². The molecule has 0 spiro atoms. The number of nitrogen functional groups attached to an aromatic ring is 1. The molecule has 0 aromatic heterocycles. The molecule has 4 heteroatoms. The fraction of sp³-hybridized carbons (Fsp3) is 0.148. The van der Waals surface area contributed by atoms with Gasteiger partial charge in [-0.2, -0.15) is 0 Å². The van der Waals surface area contributed by atoms with Gasteiger partial charge in [-0.3, -0.25) is 4.79 Å². The number of nitrogens with two attached hydrogens (primary N) is 1. The fourth-order valence-electron chi connectivity index (χ4n) is 3.87. The maximum absolute atomic E-state index is 13.2. The number of anilines is 1. The Balaban J connectivity index is 1.56. The van der Waals surface area contributed by atoms with E-state index in [1.165, 1.54) is 0 Å². The molecule has 4 aromatic rings. The van der Waals surface area contributed by atoms with Crippen LogP contribution in [0.1, 0.15) is 28.9 Å². The molecule has 2 N–H and O–H groups in total. The van der Waals surface area contributed by atoms with Crippen LogP contribution in [0.4, 0.5) is 5.69 Å². The van der Waals surface area contributed by atoms with Crippen molar-refractivity contribution in [2.45, 2.75) is 13.0 Å². The highest BCUT2D eigenvalue weighted by Crippen LogP contribution is 2.30. The molecule has 1 atom stereocenters. The molecule has 0 heterocycles. The molecular formula is C27H26N2O2. The molecule has 4 nitrogen and oxygen atoms in total. The number of methoxy groups -OCH3 is 1. The van der Waals surface area contributed by atoms with Crippen LogP contribution in [0, 0.1) is 0 Å². The highest BCUT2D eigenvalue weighted by Gasteiger charge is 2.20. The zero-order valence-electron chi connectivity index (χ0n) is 18.0. The number of fused-ring (bicyclic) bond motifs is 1.